The molecule has 0 amide bonds. The maximum absolute atomic E-state index is 13.8. The first-order valence-corrected chi connectivity index (χ1v) is 9.08. The number of ketones is 1. The average Bonchev–Trinajstić information content (AvgIpc) is 2.95. The van der Waals surface area contributed by atoms with E-state index in [2.05, 4.69) is 22.3 Å². The van der Waals surface area contributed by atoms with Crippen molar-refractivity contribution in [3.8, 4) is 0 Å². The molecule has 2 atom stereocenters. The minimum atomic E-state index is -0.430. The van der Waals surface area contributed by atoms with E-state index >= 15 is 0 Å². The minimum absolute atomic E-state index is 0.0948. The largest absolute Gasteiger partial charge is 0.328 e. The summed E-state index contributed by atoms with van der Waals surface area (Å²) in [4.78, 5) is 17.2. The fourth-order valence-electron chi connectivity index (χ4n) is 3.46. The summed E-state index contributed by atoms with van der Waals surface area (Å²) in [6, 6.07) is 5.94. The van der Waals surface area contributed by atoms with E-state index in [4.69, 9.17) is 0 Å². The van der Waals surface area contributed by atoms with Gasteiger partial charge < -0.3 is 5.32 Å². The summed E-state index contributed by atoms with van der Waals surface area (Å²) < 4.78 is 15.5. The van der Waals surface area contributed by atoms with E-state index < -0.39 is 6.04 Å². The molecule has 24 heavy (non-hydrogen) atoms. The number of halogens is 1. The van der Waals surface area contributed by atoms with Crippen LogP contribution < -0.4 is 5.32 Å². The molecule has 0 spiro atoms. The van der Waals surface area contributed by atoms with Crippen LogP contribution in [0.15, 0.2) is 40.7 Å². The van der Waals surface area contributed by atoms with E-state index in [1.165, 1.54) is 23.9 Å². The van der Waals surface area contributed by atoms with E-state index in [9.17, 15) is 9.18 Å². The number of hydrogen-bond acceptors (Lipinski definition) is 5. The molecule has 2 heterocycles. The number of nitrogens with zero attached hydrogens (tertiary/aromatic N) is 3. The molecule has 0 fully saturated rings. The topological polar surface area (TPSA) is 59.8 Å². The Labute approximate surface area is 143 Å². The third-order valence-corrected chi connectivity index (χ3v) is 4.99. The monoisotopic (exact) mass is 344 g/mol. The summed E-state index contributed by atoms with van der Waals surface area (Å²) in [5.41, 5.74) is 2.29. The number of thioether (sulfide) groups is 1. The molecule has 124 valence electrons. The number of fused-ring (bicyclic) bond motifs is 1. The molecule has 2 aromatic rings. The molecule has 1 aromatic heterocycles. The second-order valence-electron chi connectivity index (χ2n) is 6.28. The fraction of sp³-hybridized carbons (Fsp3) is 0.353. The van der Waals surface area contributed by atoms with Crippen LogP contribution in [-0.2, 0) is 4.79 Å². The summed E-state index contributed by atoms with van der Waals surface area (Å²) in [6.07, 6.45) is 3.19. The van der Waals surface area contributed by atoms with Crippen LogP contribution in [0.2, 0.25) is 0 Å². The number of nitrogens with one attached hydrogen (secondary N) is 1. The number of rotatable bonds is 2. The van der Waals surface area contributed by atoms with Crippen LogP contribution in [-0.4, -0.2) is 26.8 Å². The third kappa shape index (κ3) is 2.43. The van der Waals surface area contributed by atoms with Crippen molar-refractivity contribution in [2.45, 2.75) is 31.0 Å². The zero-order valence-corrected chi connectivity index (χ0v) is 14.2. The van der Waals surface area contributed by atoms with E-state index in [1.54, 1.807) is 10.7 Å². The molecule has 0 radical (unpaired) electrons. The fourth-order valence-corrected chi connectivity index (χ4v) is 3.81. The first kappa shape index (κ1) is 15.4. The zero-order valence-electron chi connectivity index (χ0n) is 13.4. The Morgan fingerprint density at radius 2 is 2.21 bits per heavy atom. The van der Waals surface area contributed by atoms with Crippen LogP contribution in [0.25, 0.3) is 0 Å². The summed E-state index contributed by atoms with van der Waals surface area (Å²) in [5.74, 6) is 0.662. The predicted octanol–water partition coefficient (Wildman–Crippen LogP) is 3.41. The van der Waals surface area contributed by atoms with Gasteiger partial charge in [-0.3, -0.25) is 4.79 Å². The number of allylic oxidation sites excluding steroid dienone is 2. The van der Waals surface area contributed by atoms with Gasteiger partial charge in [0.1, 0.15) is 11.9 Å². The second kappa shape index (κ2) is 5.73. The molecule has 4 rings (SSSR count). The Balaban J connectivity index is 1.92. The lowest BCUT2D eigenvalue weighted by molar-refractivity contribution is -0.117. The average molecular weight is 344 g/mol. The molecule has 1 aliphatic heterocycles. The Bertz CT molecular complexity index is 860. The quantitative estimate of drug-likeness (QED) is 0.846. The zero-order chi connectivity index (χ0) is 16.8. The van der Waals surface area contributed by atoms with Crippen LogP contribution in [0.3, 0.4) is 0 Å². The summed E-state index contributed by atoms with van der Waals surface area (Å²) in [7, 11) is 0. The van der Waals surface area contributed by atoms with Crippen LogP contribution >= 0.6 is 11.8 Å². The van der Waals surface area contributed by atoms with Crippen molar-refractivity contribution in [3.63, 3.8) is 0 Å². The molecule has 1 N–H and O–H groups in total. The van der Waals surface area contributed by atoms with Crippen molar-refractivity contribution in [1.29, 1.82) is 0 Å². The van der Waals surface area contributed by atoms with E-state index in [0.29, 0.717) is 28.7 Å². The van der Waals surface area contributed by atoms with Gasteiger partial charge in [0.05, 0.1) is 0 Å². The van der Waals surface area contributed by atoms with Gasteiger partial charge in [-0.05, 0) is 36.3 Å². The van der Waals surface area contributed by atoms with Gasteiger partial charge in [0, 0.05) is 17.7 Å². The maximum atomic E-state index is 13.8. The molecule has 0 saturated heterocycles. The third-order valence-electron chi connectivity index (χ3n) is 4.45. The molecule has 0 unspecified atom stereocenters. The highest BCUT2D eigenvalue weighted by molar-refractivity contribution is 7.98. The number of aromatic nitrogens is 3. The number of hydrogen-bond donors (Lipinski definition) is 1. The molecule has 0 saturated carbocycles. The van der Waals surface area contributed by atoms with Crippen LogP contribution in [0, 0.1) is 11.7 Å². The van der Waals surface area contributed by atoms with Gasteiger partial charge >= 0.3 is 0 Å². The van der Waals surface area contributed by atoms with E-state index in [0.717, 1.165) is 12.1 Å². The summed E-state index contributed by atoms with van der Waals surface area (Å²) >= 11 is 1.44. The first-order valence-electron chi connectivity index (χ1n) is 7.86. The second-order valence-corrected chi connectivity index (χ2v) is 7.05. The Morgan fingerprint density at radius 1 is 1.38 bits per heavy atom. The van der Waals surface area contributed by atoms with Gasteiger partial charge in [0.15, 0.2) is 5.78 Å². The lowest BCUT2D eigenvalue weighted by Crippen LogP contribution is -2.33. The molecule has 2 aliphatic rings. The number of carbonyl (C=O) groups is 1. The molecule has 7 heteroatoms. The van der Waals surface area contributed by atoms with E-state index in [1.807, 2.05) is 12.3 Å². The van der Waals surface area contributed by atoms with Crippen molar-refractivity contribution < 1.29 is 9.18 Å². The van der Waals surface area contributed by atoms with Crippen LogP contribution in [0.1, 0.15) is 31.4 Å². The van der Waals surface area contributed by atoms with Crippen molar-refractivity contribution in [1.82, 2.24) is 14.8 Å². The number of carbonyl (C=O) groups excluding carboxylic acids is 1. The Hall–Kier alpha value is -2.15. The molecule has 0 bridgehead atoms. The Morgan fingerprint density at radius 3 is 2.96 bits per heavy atom. The Kier molecular flexibility index (Phi) is 3.68. The van der Waals surface area contributed by atoms with Gasteiger partial charge in [0.25, 0.3) is 0 Å². The first-order chi connectivity index (χ1) is 11.6. The SMILES string of the molecule is CSc1nc2n(n1)[C@H](c1cccc(F)c1)C1=C(C[C@@H](C)CC1=O)N2. The van der Waals surface area contributed by atoms with Gasteiger partial charge in [-0.1, -0.05) is 30.8 Å². The molecular formula is C17H17FN4OS. The van der Waals surface area contributed by atoms with Crippen molar-refractivity contribution >= 4 is 23.5 Å². The molecular weight excluding hydrogens is 327 g/mol. The lowest BCUT2D eigenvalue weighted by atomic mass is 9.81. The highest BCUT2D eigenvalue weighted by atomic mass is 32.2. The highest BCUT2D eigenvalue weighted by Gasteiger charge is 2.38. The standard InChI is InChI=1S/C17H17FN4OS/c1-9-6-12-14(13(23)7-9)15(10-4-3-5-11(18)8-10)22-16(19-12)20-17(21-22)24-2/h3-5,8-9,15H,6-7H2,1-2H3,(H,19,20,21)/t9-,15-/m1/s1. The smallest absolute Gasteiger partial charge is 0.227 e. The summed E-state index contributed by atoms with van der Waals surface area (Å²) in [5, 5.41) is 8.39. The number of anilines is 1. The lowest BCUT2D eigenvalue weighted by Gasteiger charge is -2.34. The van der Waals surface area contributed by atoms with Crippen molar-refractivity contribution in [2.75, 3.05) is 11.6 Å². The molecule has 1 aromatic carbocycles. The number of benzene rings is 1. The minimum Gasteiger partial charge on any atom is -0.328 e. The molecule has 5 nitrogen and oxygen atoms in total. The highest BCUT2D eigenvalue weighted by Crippen LogP contribution is 2.41. The van der Waals surface area contributed by atoms with Crippen molar-refractivity contribution in [2.24, 2.45) is 5.92 Å². The number of Topliss-reactive ketones (excluding diaryl/α,β-unsaturated/α-hetero) is 1. The van der Waals surface area contributed by atoms with Gasteiger partial charge in [0.2, 0.25) is 11.1 Å². The molecule has 1 aliphatic carbocycles. The van der Waals surface area contributed by atoms with Gasteiger partial charge in [-0.25, -0.2) is 9.07 Å². The van der Waals surface area contributed by atoms with E-state index in [-0.39, 0.29) is 17.5 Å². The normalized spacial score (nSPS) is 22.9. The van der Waals surface area contributed by atoms with Gasteiger partial charge in [-0.2, -0.15) is 4.98 Å². The van der Waals surface area contributed by atoms with Gasteiger partial charge in [-0.15, -0.1) is 5.10 Å². The van der Waals surface area contributed by atoms with Crippen LogP contribution in [0.4, 0.5) is 10.3 Å². The maximum Gasteiger partial charge on any atom is 0.227 e. The predicted molar refractivity (Wildman–Crippen MR) is 90.4 cm³/mol. The van der Waals surface area contributed by atoms with Crippen LogP contribution in [0.5, 0.6) is 0 Å². The van der Waals surface area contributed by atoms with Crippen molar-refractivity contribution in [3.05, 3.63) is 46.9 Å². The summed E-state index contributed by atoms with van der Waals surface area (Å²) in [6.45, 7) is 2.06.